The second-order valence-corrected chi connectivity index (χ2v) is 5.00. The summed E-state index contributed by atoms with van der Waals surface area (Å²) in [6.07, 6.45) is 1.67. The summed E-state index contributed by atoms with van der Waals surface area (Å²) in [5.41, 5.74) is 1.71. The highest BCUT2D eigenvalue weighted by Crippen LogP contribution is 2.18. The van der Waals surface area contributed by atoms with Gasteiger partial charge in [0.25, 0.3) is 0 Å². The Labute approximate surface area is 133 Å². The first-order valence-corrected chi connectivity index (χ1v) is 7.22. The minimum atomic E-state index is -0.263. The fourth-order valence-corrected chi connectivity index (χ4v) is 2.17. The number of nitrogens with one attached hydrogen (secondary N) is 2. The van der Waals surface area contributed by atoms with Gasteiger partial charge in [-0.25, -0.2) is 9.78 Å². The maximum atomic E-state index is 11.8. The summed E-state index contributed by atoms with van der Waals surface area (Å²) in [5.74, 6) is 1.26. The number of aromatic nitrogens is 1. The molecule has 0 fully saturated rings. The number of carbonyl (C=O) groups excluding carboxylic acids is 1. The molecule has 0 radical (unpaired) electrons. The highest BCUT2D eigenvalue weighted by molar-refractivity contribution is 5.78. The number of hydrogen-bond donors (Lipinski definition) is 2. The number of amides is 2. The summed E-state index contributed by atoms with van der Waals surface area (Å²) in [5, 5.41) is 6.55. The van der Waals surface area contributed by atoms with E-state index in [1.165, 1.54) is 0 Å². The molecule has 0 saturated carbocycles. The van der Waals surface area contributed by atoms with Crippen LogP contribution in [0.2, 0.25) is 0 Å². The summed E-state index contributed by atoms with van der Waals surface area (Å²) in [6, 6.07) is 13.0. The smallest absolute Gasteiger partial charge is 0.315 e. The van der Waals surface area contributed by atoms with Crippen LogP contribution in [0.25, 0.3) is 11.0 Å². The summed E-state index contributed by atoms with van der Waals surface area (Å²) >= 11 is 0. The van der Waals surface area contributed by atoms with Crippen molar-refractivity contribution in [3.05, 3.63) is 60.0 Å². The van der Waals surface area contributed by atoms with Gasteiger partial charge in [-0.05, 0) is 17.7 Å². The molecule has 2 amide bonds. The van der Waals surface area contributed by atoms with Gasteiger partial charge >= 0.3 is 6.03 Å². The highest BCUT2D eigenvalue weighted by Gasteiger charge is 2.05. The van der Waals surface area contributed by atoms with E-state index < -0.39 is 0 Å². The van der Waals surface area contributed by atoms with Gasteiger partial charge in [-0.15, -0.1) is 0 Å². The fourth-order valence-electron chi connectivity index (χ4n) is 2.17. The van der Waals surface area contributed by atoms with Gasteiger partial charge in [0.05, 0.1) is 13.7 Å². The van der Waals surface area contributed by atoms with Crippen molar-refractivity contribution >= 4 is 17.0 Å². The first kappa shape index (κ1) is 14.9. The van der Waals surface area contributed by atoms with Gasteiger partial charge in [-0.2, -0.15) is 0 Å². The molecule has 2 aromatic heterocycles. The first-order valence-electron chi connectivity index (χ1n) is 7.22. The van der Waals surface area contributed by atoms with Gasteiger partial charge < -0.3 is 19.8 Å². The van der Waals surface area contributed by atoms with Gasteiger partial charge in [-0.3, -0.25) is 0 Å². The standard InChI is InChI=1S/C17H17N3O3/c1-22-16-7-6-12(9-18-16)10-19-17(21)20-11-14-8-13-4-2-3-5-15(13)23-14/h2-9H,10-11H2,1H3,(H2,19,20,21). The minimum Gasteiger partial charge on any atom is -0.481 e. The summed E-state index contributed by atoms with van der Waals surface area (Å²) in [6.45, 7) is 0.727. The molecule has 1 aromatic carbocycles. The number of fused-ring (bicyclic) bond motifs is 1. The molecule has 23 heavy (non-hydrogen) atoms. The number of hydrogen-bond acceptors (Lipinski definition) is 4. The maximum absolute atomic E-state index is 11.8. The van der Waals surface area contributed by atoms with Crippen LogP contribution >= 0.6 is 0 Å². The van der Waals surface area contributed by atoms with E-state index >= 15 is 0 Å². The summed E-state index contributed by atoms with van der Waals surface area (Å²) in [4.78, 5) is 15.9. The van der Waals surface area contributed by atoms with Crippen LogP contribution in [0.15, 0.2) is 53.1 Å². The van der Waals surface area contributed by atoms with Crippen LogP contribution in [0.3, 0.4) is 0 Å². The Hall–Kier alpha value is -3.02. The van der Waals surface area contributed by atoms with Crippen LogP contribution in [0.4, 0.5) is 4.79 Å². The number of urea groups is 1. The van der Waals surface area contributed by atoms with E-state index in [-0.39, 0.29) is 6.03 Å². The zero-order chi connectivity index (χ0) is 16.1. The average Bonchev–Trinajstić information content (AvgIpc) is 3.01. The molecule has 2 heterocycles. The number of carbonyl (C=O) groups is 1. The van der Waals surface area contributed by atoms with Crippen molar-refractivity contribution < 1.29 is 13.9 Å². The van der Waals surface area contributed by atoms with E-state index in [4.69, 9.17) is 9.15 Å². The predicted octanol–water partition coefficient (Wildman–Crippen LogP) is 2.84. The monoisotopic (exact) mass is 311 g/mol. The lowest BCUT2D eigenvalue weighted by atomic mass is 10.2. The SMILES string of the molecule is COc1ccc(CNC(=O)NCc2cc3ccccc3o2)cn1. The Balaban J connectivity index is 1.49. The number of methoxy groups -OCH3 is 1. The number of pyridine rings is 1. The zero-order valence-electron chi connectivity index (χ0n) is 12.7. The molecule has 0 saturated heterocycles. The molecule has 0 unspecified atom stereocenters. The van der Waals surface area contributed by atoms with Crippen LogP contribution in [-0.2, 0) is 13.1 Å². The minimum absolute atomic E-state index is 0.263. The van der Waals surface area contributed by atoms with Crippen molar-refractivity contribution in [2.45, 2.75) is 13.1 Å². The summed E-state index contributed by atoms with van der Waals surface area (Å²) < 4.78 is 10.6. The Morgan fingerprint density at radius 2 is 2.00 bits per heavy atom. The molecular formula is C17H17N3O3. The third-order valence-corrected chi connectivity index (χ3v) is 3.36. The molecule has 6 nitrogen and oxygen atoms in total. The van der Waals surface area contributed by atoms with E-state index in [0.29, 0.717) is 24.7 Å². The van der Waals surface area contributed by atoms with Crippen LogP contribution in [-0.4, -0.2) is 18.1 Å². The van der Waals surface area contributed by atoms with Gasteiger partial charge in [-0.1, -0.05) is 24.3 Å². The van der Waals surface area contributed by atoms with Gasteiger partial charge in [0.1, 0.15) is 11.3 Å². The van der Waals surface area contributed by atoms with Crippen molar-refractivity contribution in [3.63, 3.8) is 0 Å². The summed E-state index contributed by atoms with van der Waals surface area (Å²) in [7, 11) is 1.56. The van der Waals surface area contributed by atoms with Crippen molar-refractivity contribution in [1.82, 2.24) is 15.6 Å². The molecule has 3 aromatic rings. The molecule has 0 atom stereocenters. The van der Waals surface area contributed by atoms with Gasteiger partial charge in [0, 0.05) is 24.2 Å². The van der Waals surface area contributed by atoms with Crippen LogP contribution in [0, 0.1) is 0 Å². The number of benzene rings is 1. The van der Waals surface area contributed by atoms with Crippen molar-refractivity contribution in [2.75, 3.05) is 7.11 Å². The van der Waals surface area contributed by atoms with Crippen molar-refractivity contribution in [2.24, 2.45) is 0 Å². The Kier molecular flexibility index (Phi) is 4.42. The lowest BCUT2D eigenvalue weighted by Gasteiger charge is -2.06. The third kappa shape index (κ3) is 3.79. The molecule has 2 N–H and O–H groups in total. The Bertz CT molecular complexity index is 763. The number of rotatable bonds is 5. The molecule has 0 aliphatic carbocycles. The number of para-hydroxylation sites is 1. The van der Waals surface area contributed by atoms with Gasteiger partial charge in [0.2, 0.25) is 5.88 Å². The largest absolute Gasteiger partial charge is 0.481 e. The van der Waals surface area contributed by atoms with Crippen molar-refractivity contribution in [1.29, 1.82) is 0 Å². The second-order valence-electron chi connectivity index (χ2n) is 5.00. The van der Waals surface area contributed by atoms with Crippen LogP contribution < -0.4 is 15.4 Å². The van der Waals surface area contributed by atoms with E-state index in [0.717, 1.165) is 16.5 Å². The lowest BCUT2D eigenvalue weighted by molar-refractivity contribution is 0.239. The molecule has 0 spiro atoms. The lowest BCUT2D eigenvalue weighted by Crippen LogP contribution is -2.34. The molecule has 0 aliphatic heterocycles. The van der Waals surface area contributed by atoms with E-state index in [2.05, 4.69) is 15.6 Å². The normalized spacial score (nSPS) is 10.5. The number of ether oxygens (including phenoxy) is 1. The Morgan fingerprint density at radius 3 is 2.74 bits per heavy atom. The molecule has 118 valence electrons. The number of furan rings is 1. The third-order valence-electron chi connectivity index (χ3n) is 3.36. The van der Waals surface area contributed by atoms with Crippen LogP contribution in [0.1, 0.15) is 11.3 Å². The maximum Gasteiger partial charge on any atom is 0.315 e. The van der Waals surface area contributed by atoms with Crippen molar-refractivity contribution in [3.8, 4) is 5.88 Å². The number of nitrogens with zero attached hydrogens (tertiary/aromatic N) is 1. The Morgan fingerprint density at radius 1 is 1.17 bits per heavy atom. The topological polar surface area (TPSA) is 76.4 Å². The molecule has 6 heteroatoms. The second kappa shape index (κ2) is 6.83. The van der Waals surface area contributed by atoms with E-state index in [1.807, 2.05) is 36.4 Å². The fraction of sp³-hybridized carbons (Fsp3) is 0.176. The molecule has 3 rings (SSSR count). The van der Waals surface area contributed by atoms with E-state index in [1.54, 1.807) is 19.4 Å². The first-order chi connectivity index (χ1) is 11.2. The van der Waals surface area contributed by atoms with E-state index in [9.17, 15) is 4.79 Å². The highest BCUT2D eigenvalue weighted by atomic mass is 16.5. The predicted molar refractivity (Wildman–Crippen MR) is 86.1 cm³/mol. The average molecular weight is 311 g/mol. The van der Waals surface area contributed by atoms with Crippen LogP contribution in [0.5, 0.6) is 5.88 Å². The van der Waals surface area contributed by atoms with Gasteiger partial charge in [0.15, 0.2) is 0 Å². The molecular weight excluding hydrogens is 294 g/mol. The molecule has 0 aliphatic rings. The zero-order valence-corrected chi connectivity index (χ0v) is 12.7. The molecule has 0 bridgehead atoms. The quantitative estimate of drug-likeness (QED) is 0.759.